The van der Waals surface area contributed by atoms with Crippen LogP contribution in [0.2, 0.25) is 0 Å². The molecule has 1 saturated carbocycles. The molecule has 1 aromatic rings. The molecular weight excluding hydrogens is 202 g/mol. The first-order valence-electron chi connectivity index (χ1n) is 6.16. The Morgan fingerprint density at radius 3 is 2.75 bits per heavy atom. The fourth-order valence-electron chi connectivity index (χ4n) is 2.28. The summed E-state index contributed by atoms with van der Waals surface area (Å²) in [4.78, 5) is 7.07. The third-order valence-electron chi connectivity index (χ3n) is 3.36. The summed E-state index contributed by atoms with van der Waals surface area (Å²) in [5.74, 6) is 2.87. The van der Waals surface area contributed by atoms with Crippen LogP contribution in [0.25, 0.3) is 0 Å². The zero-order valence-electron chi connectivity index (χ0n) is 9.82. The monoisotopic (exact) mass is 221 g/mol. The highest BCUT2D eigenvalue weighted by atomic mass is 15.4. The van der Waals surface area contributed by atoms with E-state index in [9.17, 15) is 0 Å². The Kier molecular flexibility index (Phi) is 2.65. The van der Waals surface area contributed by atoms with Crippen LogP contribution in [0, 0.1) is 0 Å². The van der Waals surface area contributed by atoms with Gasteiger partial charge in [-0.1, -0.05) is 0 Å². The van der Waals surface area contributed by atoms with E-state index in [4.69, 9.17) is 0 Å². The molecule has 2 fully saturated rings. The third-order valence-corrected chi connectivity index (χ3v) is 3.36. The maximum absolute atomic E-state index is 4.66. The highest BCUT2D eigenvalue weighted by molar-refractivity contribution is 5.06. The lowest BCUT2D eigenvalue weighted by Crippen LogP contribution is -2.43. The molecule has 1 aromatic heterocycles. The molecule has 5 nitrogen and oxygen atoms in total. The molecule has 0 aromatic carbocycles. The van der Waals surface area contributed by atoms with Gasteiger partial charge >= 0.3 is 0 Å². The Labute approximate surface area is 95.8 Å². The Hall–Kier alpha value is -0.940. The van der Waals surface area contributed by atoms with Gasteiger partial charge in [-0.15, -0.1) is 0 Å². The molecule has 0 bridgehead atoms. The lowest BCUT2D eigenvalue weighted by molar-refractivity contribution is 0.228. The Bertz CT molecular complexity index is 362. The summed E-state index contributed by atoms with van der Waals surface area (Å²) < 4.78 is 1.97. The normalized spacial score (nSPS) is 22.6. The summed E-state index contributed by atoms with van der Waals surface area (Å²) >= 11 is 0. The van der Waals surface area contributed by atoms with Crippen molar-refractivity contribution in [3.63, 3.8) is 0 Å². The van der Waals surface area contributed by atoms with Gasteiger partial charge in [-0.3, -0.25) is 9.58 Å². The first-order chi connectivity index (χ1) is 7.83. The SMILES string of the molecule is Cn1nc(CN2CCNCC2)nc1C1CC1. The average molecular weight is 221 g/mol. The summed E-state index contributed by atoms with van der Waals surface area (Å²) in [6.45, 7) is 5.29. The maximum atomic E-state index is 4.66. The van der Waals surface area contributed by atoms with Crippen molar-refractivity contribution in [1.29, 1.82) is 0 Å². The van der Waals surface area contributed by atoms with E-state index in [0.29, 0.717) is 5.92 Å². The van der Waals surface area contributed by atoms with Crippen LogP contribution in [0.3, 0.4) is 0 Å². The van der Waals surface area contributed by atoms with E-state index in [1.807, 2.05) is 11.7 Å². The van der Waals surface area contributed by atoms with Crippen LogP contribution in [0.4, 0.5) is 0 Å². The largest absolute Gasteiger partial charge is 0.314 e. The maximum Gasteiger partial charge on any atom is 0.164 e. The molecule has 0 unspecified atom stereocenters. The quantitative estimate of drug-likeness (QED) is 0.786. The average Bonchev–Trinajstić information content (AvgIpc) is 3.06. The molecule has 1 aliphatic heterocycles. The second-order valence-corrected chi connectivity index (χ2v) is 4.81. The van der Waals surface area contributed by atoms with Gasteiger partial charge in [-0.05, 0) is 12.8 Å². The molecule has 1 aliphatic carbocycles. The topological polar surface area (TPSA) is 46.0 Å². The van der Waals surface area contributed by atoms with E-state index in [1.165, 1.54) is 18.7 Å². The lowest BCUT2D eigenvalue weighted by Gasteiger charge is -2.25. The van der Waals surface area contributed by atoms with Crippen molar-refractivity contribution >= 4 is 0 Å². The predicted octanol–water partition coefficient (Wildman–Crippen LogP) is 0.0977. The smallest absolute Gasteiger partial charge is 0.164 e. The molecule has 2 aliphatic rings. The third kappa shape index (κ3) is 2.10. The van der Waals surface area contributed by atoms with Gasteiger partial charge in [0.25, 0.3) is 0 Å². The van der Waals surface area contributed by atoms with Crippen LogP contribution in [0.5, 0.6) is 0 Å². The van der Waals surface area contributed by atoms with E-state index in [2.05, 4.69) is 20.3 Å². The summed E-state index contributed by atoms with van der Waals surface area (Å²) in [7, 11) is 2.02. The number of aryl methyl sites for hydroxylation is 1. The Morgan fingerprint density at radius 2 is 2.06 bits per heavy atom. The van der Waals surface area contributed by atoms with Crippen molar-refractivity contribution in [2.75, 3.05) is 26.2 Å². The molecule has 16 heavy (non-hydrogen) atoms. The van der Waals surface area contributed by atoms with Gasteiger partial charge in [0.05, 0.1) is 6.54 Å². The minimum absolute atomic E-state index is 0.689. The second-order valence-electron chi connectivity index (χ2n) is 4.81. The second kappa shape index (κ2) is 4.14. The van der Waals surface area contributed by atoms with Gasteiger partial charge in [0.1, 0.15) is 5.82 Å². The minimum Gasteiger partial charge on any atom is -0.314 e. The summed E-state index contributed by atoms with van der Waals surface area (Å²) in [5.41, 5.74) is 0. The van der Waals surface area contributed by atoms with Crippen molar-refractivity contribution in [1.82, 2.24) is 25.0 Å². The zero-order chi connectivity index (χ0) is 11.0. The molecule has 0 spiro atoms. The van der Waals surface area contributed by atoms with Crippen molar-refractivity contribution in [2.45, 2.75) is 25.3 Å². The molecule has 0 radical (unpaired) electrons. The van der Waals surface area contributed by atoms with Gasteiger partial charge in [-0.2, -0.15) is 5.10 Å². The van der Waals surface area contributed by atoms with Crippen molar-refractivity contribution in [2.24, 2.45) is 7.05 Å². The van der Waals surface area contributed by atoms with Gasteiger partial charge in [0.15, 0.2) is 5.82 Å². The molecule has 2 heterocycles. The first kappa shape index (κ1) is 10.2. The van der Waals surface area contributed by atoms with Crippen LogP contribution < -0.4 is 5.32 Å². The summed E-state index contributed by atoms with van der Waals surface area (Å²) in [5, 5.41) is 7.87. The summed E-state index contributed by atoms with van der Waals surface area (Å²) in [6.07, 6.45) is 2.58. The van der Waals surface area contributed by atoms with Gasteiger partial charge in [0, 0.05) is 39.1 Å². The van der Waals surface area contributed by atoms with E-state index in [1.54, 1.807) is 0 Å². The highest BCUT2D eigenvalue weighted by Gasteiger charge is 2.29. The number of nitrogens with one attached hydrogen (secondary N) is 1. The number of rotatable bonds is 3. The van der Waals surface area contributed by atoms with E-state index < -0.39 is 0 Å². The van der Waals surface area contributed by atoms with Crippen LogP contribution in [-0.4, -0.2) is 45.8 Å². The van der Waals surface area contributed by atoms with Crippen LogP contribution in [0.1, 0.15) is 30.4 Å². The Morgan fingerprint density at radius 1 is 1.31 bits per heavy atom. The zero-order valence-corrected chi connectivity index (χ0v) is 9.82. The van der Waals surface area contributed by atoms with E-state index in [0.717, 1.165) is 38.5 Å². The van der Waals surface area contributed by atoms with Crippen LogP contribution in [0.15, 0.2) is 0 Å². The number of aromatic nitrogens is 3. The lowest BCUT2D eigenvalue weighted by atomic mass is 10.3. The van der Waals surface area contributed by atoms with Gasteiger partial charge < -0.3 is 5.32 Å². The fourth-order valence-corrected chi connectivity index (χ4v) is 2.28. The number of hydrogen-bond donors (Lipinski definition) is 1. The minimum atomic E-state index is 0.689. The molecule has 1 saturated heterocycles. The van der Waals surface area contributed by atoms with E-state index in [-0.39, 0.29) is 0 Å². The number of nitrogens with zero attached hydrogens (tertiary/aromatic N) is 4. The number of hydrogen-bond acceptors (Lipinski definition) is 4. The molecule has 3 rings (SSSR count). The van der Waals surface area contributed by atoms with Crippen molar-refractivity contribution in [3.8, 4) is 0 Å². The van der Waals surface area contributed by atoms with Gasteiger partial charge in [-0.25, -0.2) is 4.98 Å². The standard InChI is InChI=1S/C11H19N5/c1-15-11(9-2-3-9)13-10(14-15)8-16-6-4-12-5-7-16/h9,12H,2-8H2,1H3. The van der Waals surface area contributed by atoms with Crippen molar-refractivity contribution in [3.05, 3.63) is 11.6 Å². The molecule has 0 amide bonds. The number of piperazine rings is 1. The fraction of sp³-hybridized carbons (Fsp3) is 0.818. The first-order valence-corrected chi connectivity index (χ1v) is 6.16. The van der Waals surface area contributed by atoms with Crippen LogP contribution in [-0.2, 0) is 13.6 Å². The highest BCUT2D eigenvalue weighted by Crippen LogP contribution is 2.38. The Balaban J connectivity index is 1.66. The van der Waals surface area contributed by atoms with E-state index >= 15 is 0 Å². The van der Waals surface area contributed by atoms with Crippen molar-refractivity contribution < 1.29 is 0 Å². The molecular formula is C11H19N5. The molecule has 5 heteroatoms. The van der Waals surface area contributed by atoms with Crippen LogP contribution >= 0.6 is 0 Å². The summed E-state index contributed by atoms with van der Waals surface area (Å²) in [6, 6.07) is 0. The molecule has 0 atom stereocenters. The van der Waals surface area contributed by atoms with Gasteiger partial charge in [0.2, 0.25) is 0 Å². The molecule has 1 N–H and O–H groups in total. The molecule has 88 valence electrons. The predicted molar refractivity (Wildman–Crippen MR) is 61.1 cm³/mol.